The van der Waals surface area contributed by atoms with E-state index in [0.29, 0.717) is 6.61 Å². The van der Waals surface area contributed by atoms with Crippen LogP contribution in [0.4, 0.5) is 0 Å². The zero-order valence-electron chi connectivity index (χ0n) is 8.98. The lowest BCUT2D eigenvalue weighted by Crippen LogP contribution is -2.15. The molecule has 0 aliphatic rings. The molecular formula is C13H16O2. The van der Waals surface area contributed by atoms with Crippen molar-refractivity contribution in [3.63, 3.8) is 0 Å². The molecule has 1 aromatic carbocycles. The van der Waals surface area contributed by atoms with Crippen molar-refractivity contribution in [3.05, 3.63) is 55.1 Å². The van der Waals surface area contributed by atoms with Crippen LogP contribution in [0.25, 0.3) is 0 Å². The largest absolute Gasteiger partial charge is 0.489 e. The molecule has 0 aliphatic carbocycles. The third-order valence-corrected chi connectivity index (χ3v) is 2.04. The third-order valence-electron chi connectivity index (χ3n) is 2.04. The molecule has 80 valence electrons. The highest BCUT2D eigenvalue weighted by molar-refractivity contribution is 5.22. The lowest BCUT2D eigenvalue weighted by atomic mass is 10.2. The van der Waals surface area contributed by atoms with Crippen LogP contribution in [0.5, 0.6) is 5.75 Å². The summed E-state index contributed by atoms with van der Waals surface area (Å²) in [4.78, 5) is 0. The minimum absolute atomic E-state index is 0.145. The molecule has 1 aromatic rings. The monoisotopic (exact) mass is 204 g/mol. The van der Waals surface area contributed by atoms with Crippen molar-refractivity contribution in [1.82, 2.24) is 0 Å². The maximum atomic E-state index is 5.53. The molecule has 1 rings (SSSR count). The van der Waals surface area contributed by atoms with Crippen LogP contribution >= 0.6 is 0 Å². The molecule has 2 nitrogen and oxygen atoms in total. The summed E-state index contributed by atoms with van der Waals surface area (Å²) in [5.41, 5.74) is 0.858. The Morgan fingerprint density at radius 2 is 2.07 bits per heavy atom. The summed E-state index contributed by atoms with van der Waals surface area (Å²) in [5, 5.41) is 0. The van der Waals surface area contributed by atoms with E-state index in [0.717, 1.165) is 11.3 Å². The number of hydrogen-bond donors (Lipinski definition) is 0. The fourth-order valence-electron chi connectivity index (χ4n) is 1.20. The Bertz CT molecular complexity index is 317. The SMILES string of the molecule is C=CC(OC)C(=C)COc1ccccc1. The first-order valence-electron chi connectivity index (χ1n) is 4.78. The van der Waals surface area contributed by atoms with Gasteiger partial charge in [0.1, 0.15) is 12.4 Å². The van der Waals surface area contributed by atoms with Crippen molar-refractivity contribution in [2.75, 3.05) is 13.7 Å². The van der Waals surface area contributed by atoms with Gasteiger partial charge < -0.3 is 9.47 Å². The van der Waals surface area contributed by atoms with Gasteiger partial charge in [0, 0.05) is 7.11 Å². The molecule has 0 saturated heterocycles. The average molecular weight is 204 g/mol. The first kappa shape index (κ1) is 11.5. The van der Waals surface area contributed by atoms with E-state index in [1.807, 2.05) is 30.3 Å². The molecule has 0 heterocycles. The normalized spacial score (nSPS) is 11.8. The smallest absolute Gasteiger partial charge is 0.119 e. The minimum atomic E-state index is -0.145. The van der Waals surface area contributed by atoms with Gasteiger partial charge in [0.25, 0.3) is 0 Å². The maximum absolute atomic E-state index is 5.53. The van der Waals surface area contributed by atoms with Gasteiger partial charge in [-0.25, -0.2) is 0 Å². The Morgan fingerprint density at radius 3 is 2.60 bits per heavy atom. The molecule has 1 unspecified atom stereocenters. The standard InChI is InChI=1S/C13H16O2/c1-4-13(14-3)11(2)10-15-12-8-6-5-7-9-12/h4-9,13H,1-2,10H2,3H3. The van der Waals surface area contributed by atoms with Crippen LogP contribution < -0.4 is 4.74 Å². The Kier molecular flexibility index (Phi) is 4.64. The summed E-state index contributed by atoms with van der Waals surface area (Å²) in [5.74, 6) is 0.831. The molecule has 0 N–H and O–H groups in total. The van der Waals surface area contributed by atoms with Gasteiger partial charge in [0.05, 0.1) is 6.10 Å². The number of methoxy groups -OCH3 is 1. The van der Waals surface area contributed by atoms with Crippen molar-refractivity contribution >= 4 is 0 Å². The Hall–Kier alpha value is -1.54. The molecule has 0 amide bonds. The molecule has 0 bridgehead atoms. The fourth-order valence-corrected chi connectivity index (χ4v) is 1.20. The predicted octanol–water partition coefficient (Wildman–Crippen LogP) is 2.82. The number of para-hydroxylation sites is 1. The highest BCUT2D eigenvalue weighted by Crippen LogP contribution is 2.11. The number of benzene rings is 1. The van der Waals surface area contributed by atoms with Crippen LogP contribution in [-0.2, 0) is 4.74 Å². The van der Waals surface area contributed by atoms with E-state index in [1.165, 1.54) is 0 Å². The van der Waals surface area contributed by atoms with Crippen LogP contribution in [0.2, 0.25) is 0 Å². The van der Waals surface area contributed by atoms with E-state index in [4.69, 9.17) is 9.47 Å². The topological polar surface area (TPSA) is 18.5 Å². The van der Waals surface area contributed by atoms with Gasteiger partial charge in [-0.2, -0.15) is 0 Å². The van der Waals surface area contributed by atoms with Gasteiger partial charge in [-0.3, -0.25) is 0 Å². The van der Waals surface area contributed by atoms with Gasteiger partial charge in [-0.05, 0) is 17.7 Å². The predicted molar refractivity (Wildman–Crippen MR) is 62.1 cm³/mol. The van der Waals surface area contributed by atoms with E-state index in [9.17, 15) is 0 Å². The van der Waals surface area contributed by atoms with E-state index in [-0.39, 0.29) is 6.10 Å². The third kappa shape index (κ3) is 3.60. The second-order valence-corrected chi connectivity index (χ2v) is 3.15. The quantitative estimate of drug-likeness (QED) is 0.663. The van der Waals surface area contributed by atoms with E-state index < -0.39 is 0 Å². The van der Waals surface area contributed by atoms with Crippen LogP contribution in [0.1, 0.15) is 0 Å². The van der Waals surface area contributed by atoms with Crippen LogP contribution in [0.15, 0.2) is 55.1 Å². The molecule has 0 radical (unpaired) electrons. The zero-order valence-corrected chi connectivity index (χ0v) is 8.98. The minimum Gasteiger partial charge on any atom is -0.489 e. The second kappa shape index (κ2) is 6.04. The second-order valence-electron chi connectivity index (χ2n) is 3.15. The molecule has 0 spiro atoms. The zero-order chi connectivity index (χ0) is 11.1. The molecule has 0 aromatic heterocycles. The van der Waals surface area contributed by atoms with Crippen molar-refractivity contribution in [1.29, 1.82) is 0 Å². The molecule has 0 saturated carbocycles. The van der Waals surface area contributed by atoms with E-state index >= 15 is 0 Å². The van der Waals surface area contributed by atoms with Gasteiger partial charge in [-0.15, -0.1) is 6.58 Å². The van der Waals surface area contributed by atoms with Gasteiger partial charge in [-0.1, -0.05) is 30.9 Å². The van der Waals surface area contributed by atoms with Gasteiger partial charge in [0.15, 0.2) is 0 Å². The highest BCUT2D eigenvalue weighted by atomic mass is 16.5. The lowest BCUT2D eigenvalue weighted by molar-refractivity contribution is 0.157. The van der Waals surface area contributed by atoms with Crippen LogP contribution in [0, 0.1) is 0 Å². The molecule has 2 heteroatoms. The Balaban J connectivity index is 2.44. The summed E-state index contributed by atoms with van der Waals surface area (Å²) in [6, 6.07) is 9.62. The average Bonchev–Trinajstić information content (AvgIpc) is 2.29. The van der Waals surface area contributed by atoms with E-state index in [1.54, 1.807) is 13.2 Å². The van der Waals surface area contributed by atoms with Crippen LogP contribution in [-0.4, -0.2) is 19.8 Å². The Labute approximate surface area is 90.8 Å². The Morgan fingerprint density at radius 1 is 1.40 bits per heavy atom. The summed E-state index contributed by atoms with van der Waals surface area (Å²) < 4.78 is 10.7. The van der Waals surface area contributed by atoms with Crippen LogP contribution in [0.3, 0.4) is 0 Å². The van der Waals surface area contributed by atoms with Crippen molar-refractivity contribution in [2.45, 2.75) is 6.10 Å². The van der Waals surface area contributed by atoms with E-state index in [2.05, 4.69) is 13.2 Å². The molecule has 15 heavy (non-hydrogen) atoms. The molecule has 0 fully saturated rings. The summed E-state index contributed by atoms with van der Waals surface area (Å²) in [6.45, 7) is 8.00. The maximum Gasteiger partial charge on any atom is 0.119 e. The summed E-state index contributed by atoms with van der Waals surface area (Å²) in [7, 11) is 1.63. The summed E-state index contributed by atoms with van der Waals surface area (Å²) >= 11 is 0. The summed E-state index contributed by atoms with van der Waals surface area (Å²) in [6.07, 6.45) is 1.56. The fraction of sp³-hybridized carbons (Fsp3) is 0.231. The number of rotatable bonds is 6. The molecular weight excluding hydrogens is 188 g/mol. The van der Waals surface area contributed by atoms with Crippen molar-refractivity contribution < 1.29 is 9.47 Å². The number of ether oxygens (including phenoxy) is 2. The van der Waals surface area contributed by atoms with Gasteiger partial charge in [0.2, 0.25) is 0 Å². The van der Waals surface area contributed by atoms with Crippen molar-refractivity contribution in [3.8, 4) is 5.75 Å². The lowest BCUT2D eigenvalue weighted by Gasteiger charge is -2.14. The first-order valence-corrected chi connectivity index (χ1v) is 4.78. The van der Waals surface area contributed by atoms with Crippen molar-refractivity contribution in [2.24, 2.45) is 0 Å². The van der Waals surface area contributed by atoms with Gasteiger partial charge >= 0.3 is 0 Å². The highest BCUT2D eigenvalue weighted by Gasteiger charge is 2.07. The molecule has 1 atom stereocenters. The first-order chi connectivity index (χ1) is 7.27. The molecule has 0 aliphatic heterocycles. The number of hydrogen-bond acceptors (Lipinski definition) is 2.